The number of carbonyl (C=O) groups excluding carboxylic acids is 2. The van der Waals surface area contributed by atoms with E-state index in [0.717, 1.165) is 10.2 Å². The highest BCUT2D eigenvalue weighted by Crippen LogP contribution is 2.22. The van der Waals surface area contributed by atoms with Gasteiger partial charge in [-0.25, -0.2) is 14.3 Å². The minimum Gasteiger partial charge on any atom is -0.497 e. The smallest absolute Gasteiger partial charge is 0.365 e. The molecule has 4 rings (SSSR count). The fourth-order valence-electron chi connectivity index (χ4n) is 3.20. The second kappa shape index (κ2) is 7.63. The van der Waals surface area contributed by atoms with Crippen LogP contribution in [0.5, 0.6) is 5.75 Å². The van der Waals surface area contributed by atoms with Crippen LogP contribution in [0, 0.1) is 0 Å². The van der Waals surface area contributed by atoms with Crippen molar-refractivity contribution in [3.63, 3.8) is 0 Å². The summed E-state index contributed by atoms with van der Waals surface area (Å²) in [5.41, 5.74) is 0.928. The minimum atomic E-state index is -0.627. The molecule has 0 fully saturated rings. The van der Waals surface area contributed by atoms with Gasteiger partial charge in [-0.15, -0.1) is 0 Å². The summed E-state index contributed by atoms with van der Waals surface area (Å²) in [4.78, 5) is 42.8. The number of methoxy groups -OCH3 is 1. The van der Waals surface area contributed by atoms with Gasteiger partial charge in [0, 0.05) is 12.2 Å². The molecule has 1 aromatic heterocycles. The van der Waals surface area contributed by atoms with Gasteiger partial charge in [0.15, 0.2) is 5.82 Å². The number of nitrogens with one attached hydrogen (secondary N) is 1. The van der Waals surface area contributed by atoms with Gasteiger partial charge in [-0.3, -0.25) is 9.69 Å². The van der Waals surface area contributed by atoms with Crippen LogP contribution < -0.4 is 20.6 Å². The highest BCUT2D eigenvalue weighted by atomic mass is 16.5. The monoisotopic (exact) mass is 393 g/mol. The lowest BCUT2D eigenvalue weighted by Gasteiger charge is -2.15. The third kappa shape index (κ3) is 3.62. The molecule has 1 N–H and O–H groups in total. The average Bonchev–Trinajstić information content (AvgIpc) is 3.22. The standard InChI is InChI=1S/C20H19N5O4/c1-29-16-9-5-6-14(10-16)11-21-18(26)13-24-19(27)22-17-12-23(20(28)25(17)24)15-7-3-2-4-8-15/h2-10H,11-13H2,1H3,(H,21,26). The first-order valence-corrected chi connectivity index (χ1v) is 9.02. The molecule has 1 aliphatic rings. The van der Waals surface area contributed by atoms with Crippen molar-refractivity contribution >= 4 is 17.6 Å². The van der Waals surface area contributed by atoms with Crippen molar-refractivity contribution in [2.75, 3.05) is 12.0 Å². The Morgan fingerprint density at radius 1 is 1.14 bits per heavy atom. The maximum atomic E-state index is 12.8. The Hall–Kier alpha value is -3.88. The number of aromatic nitrogens is 3. The van der Waals surface area contributed by atoms with E-state index in [2.05, 4.69) is 10.3 Å². The Bertz CT molecular complexity index is 1120. The van der Waals surface area contributed by atoms with Crippen molar-refractivity contribution in [2.24, 2.45) is 0 Å². The molecule has 0 aliphatic carbocycles. The molecule has 1 aliphatic heterocycles. The second-order valence-corrected chi connectivity index (χ2v) is 6.51. The molecule has 9 heteroatoms. The summed E-state index contributed by atoms with van der Waals surface area (Å²) in [7, 11) is 1.57. The summed E-state index contributed by atoms with van der Waals surface area (Å²) >= 11 is 0. The third-order valence-corrected chi connectivity index (χ3v) is 4.63. The molecule has 0 atom stereocenters. The molecule has 0 saturated carbocycles. The third-order valence-electron chi connectivity index (χ3n) is 4.63. The zero-order chi connectivity index (χ0) is 20.4. The molecule has 0 unspecified atom stereocenters. The number of rotatable bonds is 6. The molecule has 29 heavy (non-hydrogen) atoms. The molecule has 0 spiro atoms. The SMILES string of the molecule is COc1cccc(CNC(=O)Cn2c(=O)nc3n2C(=O)N(c2ccccc2)C3)c1. The maximum Gasteiger partial charge on any atom is 0.365 e. The number of fused-ring (bicyclic) bond motifs is 1. The van der Waals surface area contributed by atoms with E-state index in [1.807, 2.05) is 42.5 Å². The van der Waals surface area contributed by atoms with Gasteiger partial charge >= 0.3 is 11.7 Å². The first-order chi connectivity index (χ1) is 14.1. The van der Waals surface area contributed by atoms with Gasteiger partial charge in [0.05, 0.1) is 13.7 Å². The van der Waals surface area contributed by atoms with Crippen LogP contribution in [0.2, 0.25) is 0 Å². The van der Waals surface area contributed by atoms with Crippen LogP contribution in [0.25, 0.3) is 0 Å². The minimum absolute atomic E-state index is 0.177. The van der Waals surface area contributed by atoms with E-state index in [4.69, 9.17) is 4.74 Å². The molecular formula is C20H19N5O4. The largest absolute Gasteiger partial charge is 0.497 e. The van der Waals surface area contributed by atoms with Crippen LogP contribution in [0.3, 0.4) is 0 Å². The van der Waals surface area contributed by atoms with E-state index in [0.29, 0.717) is 17.3 Å². The second-order valence-electron chi connectivity index (χ2n) is 6.51. The molecule has 0 radical (unpaired) electrons. The maximum absolute atomic E-state index is 12.8. The predicted molar refractivity (Wildman–Crippen MR) is 105 cm³/mol. The summed E-state index contributed by atoms with van der Waals surface area (Å²) in [6, 6.07) is 16.0. The van der Waals surface area contributed by atoms with Crippen molar-refractivity contribution in [3.05, 3.63) is 76.5 Å². The first-order valence-electron chi connectivity index (χ1n) is 9.02. The van der Waals surface area contributed by atoms with Crippen LogP contribution in [0.4, 0.5) is 10.5 Å². The van der Waals surface area contributed by atoms with E-state index in [1.54, 1.807) is 19.2 Å². The summed E-state index contributed by atoms with van der Waals surface area (Å²) < 4.78 is 7.38. The summed E-state index contributed by atoms with van der Waals surface area (Å²) in [6.45, 7) is 0.149. The van der Waals surface area contributed by atoms with Crippen LogP contribution in [-0.2, 0) is 24.4 Å². The number of carbonyl (C=O) groups is 2. The van der Waals surface area contributed by atoms with Crippen molar-refractivity contribution in [1.82, 2.24) is 19.7 Å². The van der Waals surface area contributed by atoms with Crippen molar-refractivity contribution < 1.29 is 14.3 Å². The van der Waals surface area contributed by atoms with Gasteiger partial charge < -0.3 is 10.1 Å². The molecule has 9 nitrogen and oxygen atoms in total. The van der Waals surface area contributed by atoms with Gasteiger partial charge in [0.1, 0.15) is 12.3 Å². The number of nitrogens with zero attached hydrogens (tertiary/aromatic N) is 4. The normalized spacial score (nSPS) is 12.7. The number of hydrogen-bond acceptors (Lipinski definition) is 5. The number of hydrogen-bond donors (Lipinski definition) is 1. The fraction of sp³-hybridized carbons (Fsp3) is 0.200. The predicted octanol–water partition coefficient (Wildman–Crippen LogP) is 1.36. The lowest BCUT2D eigenvalue weighted by Crippen LogP contribution is -2.38. The van der Waals surface area contributed by atoms with Crippen molar-refractivity contribution in [3.8, 4) is 5.75 Å². The van der Waals surface area contributed by atoms with E-state index in [9.17, 15) is 14.4 Å². The highest BCUT2D eigenvalue weighted by molar-refractivity contribution is 5.95. The lowest BCUT2D eigenvalue weighted by atomic mass is 10.2. The molecule has 0 bridgehead atoms. The van der Waals surface area contributed by atoms with Gasteiger partial charge in [0.25, 0.3) is 0 Å². The van der Waals surface area contributed by atoms with Gasteiger partial charge in [-0.05, 0) is 29.8 Å². The summed E-state index contributed by atoms with van der Waals surface area (Å²) in [6.07, 6.45) is 0. The van der Waals surface area contributed by atoms with Crippen LogP contribution in [0.15, 0.2) is 59.4 Å². The van der Waals surface area contributed by atoms with Crippen molar-refractivity contribution in [1.29, 1.82) is 0 Å². The summed E-state index contributed by atoms with van der Waals surface area (Å²) in [5, 5.41) is 2.74. The van der Waals surface area contributed by atoms with Crippen LogP contribution in [-0.4, -0.2) is 33.4 Å². The number of ether oxygens (including phenoxy) is 1. The summed E-state index contributed by atoms with van der Waals surface area (Å²) in [5.74, 6) is 0.598. The molecule has 2 amide bonds. The van der Waals surface area contributed by atoms with Crippen molar-refractivity contribution in [2.45, 2.75) is 19.6 Å². The molecule has 148 valence electrons. The van der Waals surface area contributed by atoms with Gasteiger partial charge in [-0.2, -0.15) is 9.67 Å². The number of amides is 2. The van der Waals surface area contributed by atoms with E-state index < -0.39 is 17.6 Å². The molecule has 2 aromatic carbocycles. The number of benzene rings is 2. The molecule has 3 aromatic rings. The van der Waals surface area contributed by atoms with Gasteiger partial charge in [0.2, 0.25) is 5.91 Å². The number of para-hydroxylation sites is 1. The molecular weight excluding hydrogens is 374 g/mol. The van der Waals surface area contributed by atoms with E-state index in [1.165, 1.54) is 9.58 Å². The lowest BCUT2D eigenvalue weighted by molar-refractivity contribution is -0.122. The van der Waals surface area contributed by atoms with Crippen LogP contribution in [0.1, 0.15) is 11.4 Å². The quantitative estimate of drug-likeness (QED) is 0.682. The Morgan fingerprint density at radius 3 is 2.69 bits per heavy atom. The Morgan fingerprint density at radius 2 is 1.93 bits per heavy atom. The topological polar surface area (TPSA) is 98.5 Å². The first kappa shape index (κ1) is 18.5. The Labute approximate surface area is 166 Å². The zero-order valence-corrected chi connectivity index (χ0v) is 15.7. The van der Waals surface area contributed by atoms with Crippen LogP contribution >= 0.6 is 0 Å². The van der Waals surface area contributed by atoms with Gasteiger partial charge in [-0.1, -0.05) is 30.3 Å². The average molecular weight is 393 g/mol. The molecule has 0 saturated heterocycles. The highest BCUT2D eigenvalue weighted by Gasteiger charge is 2.33. The van der Waals surface area contributed by atoms with E-state index >= 15 is 0 Å². The number of anilines is 1. The van der Waals surface area contributed by atoms with E-state index in [-0.39, 0.29) is 19.6 Å². The Balaban J connectivity index is 1.47. The Kier molecular flexibility index (Phi) is 4.86. The molecule has 2 heterocycles. The fourth-order valence-corrected chi connectivity index (χ4v) is 3.20. The zero-order valence-electron chi connectivity index (χ0n) is 15.7.